The number of benzene rings is 3. The van der Waals surface area contributed by atoms with Crippen LogP contribution >= 0.6 is 23.4 Å². The Kier molecular flexibility index (Phi) is 7.58. The molecular weight excluding hydrogens is 565 g/mol. The number of alkyl halides is 3. The first-order valence-corrected chi connectivity index (χ1v) is 13.3. The summed E-state index contributed by atoms with van der Waals surface area (Å²) in [6.07, 6.45) is -1.68. The van der Waals surface area contributed by atoms with Gasteiger partial charge in [-0.05, 0) is 55.3 Å². The highest BCUT2D eigenvalue weighted by molar-refractivity contribution is 8.14. The minimum atomic E-state index is -4.75. The number of hydrogen-bond acceptors (Lipinski definition) is 7. The molecule has 1 atom stereocenters. The monoisotopic (exact) mass is 586 g/mol. The van der Waals surface area contributed by atoms with Gasteiger partial charge in [0, 0.05) is 11.3 Å². The topological polar surface area (TPSA) is 88.1 Å². The van der Waals surface area contributed by atoms with E-state index in [2.05, 4.69) is 25.0 Å². The van der Waals surface area contributed by atoms with Crippen molar-refractivity contribution in [2.24, 2.45) is 10.2 Å². The van der Waals surface area contributed by atoms with Gasteiger partial charge in [0.25, 0.3) is 0 Å². The fraction of sp³-hybridized carbons (Fsp3) is 0.185. The molecule has 1 aromatic heterocycles. The van der Waals surface area contributed by atoms with Gasteiger partial charge in [-0.1, -0.05) is 59.8 Å². The minimum absolute atomic E-state index is 0.317. The maximum absolute atomic E-state index is 12.4. The average Bonchev–Trinajstić information content (AvgIpc) is 3.49. The Morgan fingerprint density at radius 2 is 1.82 bits per heavy atom. The van der Waals surface area contributed by atoms with Crippen LogP contribution in [0, 0.1) is 6.92 Å². The molecular formula is C27H22ClF3N6O2S. The molecule has 1 unspecified atom stereocenters. The Labute approximate surface area is 236 Å². The lowest BCUT2D eigenvalue weighted by atomic mass is 10.1. The summed E-state index contributed by atoms with van der Waals surface area (Å²) < 4.78 is 42.5. The molecule has 3 aromatic carbocycles. The minimum Gasteiger partial charge on any atom is -0.406 e. The Hall–Kier alpha value is -3.87. The van der Waals surface area contributed by atoms with Crippen LogP contribution < -0.4 is 9.64 Å². The first kappa shape index (κ1) is 27.7. The predicted molar refractivity (Wildman–Crippen MR) is 150 cm³/mol. The third-order valence-corrected chi connectivity index (χ3v) is 7.42. The second-order valence-electron chi connectivity index (χ2n) is 9.05. The number of aryl methyl sites for hydroxylation is 1. The molecule has 0 amide bonds. The number of anilines is 1. The summed E-state index contributed by atoms with van der Waals surface area (Å²) in [6, 6.07) is 18.2. The molecule has 2 heterocycles. The van der Waals surface area contributed by atoms with Crippen molar-refractivity contribution in [1.29, 1.82) is 0 Å². The van der Waals surface area contributed by atoms with E-state index in [1.165, 1.54) is 47.0 Å². The third kappa shape index (κ3) is 6.14. The van der Waals surface area contributed by atoms with Gasteiger partial charge in [-0.2, -0.15) is 5.10 Å². The zero-order valence-electron chi connectivity index (χ0n) is 21.2. The van der Waals surface area contributed by atoms with E-state index in [1.807, 2.05) is 43.3 Å². The second kappa shape index (κ2) is 11.0. The zero-order chi connectivity index (χ0) is 28.5. The summed E-state index contributed by atoms with van der Waals surface area (Å²) in [7, 11) is 0. The van der Waals surface area contributed by atoms with Gasteiger partial charge >= 0.3 is 6.36 Å². The highest BCUT2D eigenvalue weighted by Crippen LogP contribution is 2.41. The maximum Gasteiger partial charge on any atom is 0.573 e. The number of hydrogen-bond donors (Lipinski definition) is 1. The lowest BCUT2D eigenvalue weighted by molar-refractivity contribution is -0.274. The molecule has 206 valence electrons. The Balaban J connectivity index is 1.29. The van der Waals surface area contributed by atoms with Gasteiger partial charge in [0.1, 0.15) is 12.1 Å². The summed E-state index contributed by atoms with van der Waals surface area (Å²) in [6.45, 7) is 3.63. The molecule has 5 rings (SSSR count). The largest absolute Gasteiger partial charge is 0.573 e. The van der Waals surface area contributed by atoms with Crippen molar-refractivity contribution in [3.63, 3.8) is 0 Å². The van der Waals surface area contributed by atoms with E-state index >= 15 is 0 Å². The van der Waals surface area contributed by atoms with Crippen LogP contribution in [0.2, 0.25) is 5.02 Å². The fourth-order valence-electron chi connectivity index (χ4n) is 4.04. The SMILES string of the molecule is Cc1cccc(Cl)c1N1C(=NN=Cc2ccc(-c3ncn(-c4ccc(OC(F)(F)F)cc4)n3)cc2)SCC1(C)O. The van der Waals surface area contributed by atoms with E-state index in [1.54, 1.807) is 24.1 Å². The summed E-state index contributed by atoms with van der Waals surface area (Å²) in [5.41, 5.74) is 2.47. The van der Waals surface area contributed by atoms with Crippen LogP contribution in [0.3, 0.4) is 0 Å². The molecule has 0 saturated carbocycles. The van der Waals surface area contributed by atoms with E-state index in [0.29, 0.717) is 33.1 Å². The van der Waals surface area contributed by atoms with Crippen LogP contribution in [0.15, 0.2) is 83.3 Å². The normalized spacial score (nSPS) is 18.7. The molecule has 4 aromatic rings. The molecule has 13 heteroatoms. The highest BCUT2D eigenvalue weighted by Gasteiger charge is 2.42. The lowest BCUT2D eigenvalue weighted by Crippen LogP contribution is -2.45. The van der Waals surface area contributed by atoms with Gasteiger partial charge in [-0.15, -0.1) is 23.4 Å². The van der Waals surface area contributed by atoms with Crippen molar-refractivity contribution >= 4 is 40.4 Å². The number of rotatable bonds is 6. The first-order chi connectivity index (χ1) is 19.0. The van der Waals surface area contributed by atoms with Crippen LogP contribution in [0.25, 0.3) is 17.1 Å². The standard InChI is InChI=1S/C27H22ClF3N6O2S/c1-17-4-3-5-22(28)23(17)37-25(40-15-26(37,2)38)34-33-14-18-6-8-19(9-7-18)24-32-16-36(35-24)20-10-12-21(13-11-20)39-27(29,30)31/h3-14,16,38H,15H2,1-2H3. The molecule has 0 bridgehead atoms. The number of para-hydroxylation sites is 1. The van der Waals surface area contributed by atoms with E-state index < -0.39 is 12.1 Å². The first-order valence-electron chi connectivity index (χ1n) is 11.9. The van der Waals surface area contributed by atoms with Crippen LogP contribution in [-0.4, -0.2) is 49.1 Å². The highest BCUT2D eigenvalue weighted by atomic mass is 35.5. The van der Waals surface area contributed by atoms with Crippen molar-refractivity contribution in [3.05, 3.63) is 89.2 Å². The quantitative estimate of drug-likeness (QED) is 0.206. The molecule has 0 spiro atoms. The Bertz CT molecular complexity index is 1550. The van der Waals surface area contributed by atoms with Gasteiger partial charge in [0.2, 0.25) is 0 Å². The lowest BCUT2D eigenvalue weighted by Gasteiger charge is -2.32. The number of aromatic nitrogens is 3. The molecule has 8 nitrogen and oxygen atoms in total. The van der Waals surface area contributed by atoms with Crippen molar-refractivity contribution in [1.82, 2.24) is 14.8 Å². The van der Waals surface area contributed by atoms with Gasteiger partial charge in [-0.3, -0.25) is 4.90 Å². The van der Waals surface area contributed by atoms with Crippen molar-refractivity contribution in [2.75, 3.05) is 10.7 Å². The Morgan fingerprint density at radius 1 is 1.10 bits per heavy atom. The van der Waals surface area contributed by atoms with Crippen molar-refractivity contribution < 1.29 is 23.0 Å². The predicted octanol–water partition coefficient (Wildman–Crippen LogP) is 6.45. The zero-order valence-corrected chi connectivity index (χ0v) is 22.7. The van der Waals surface area contributed by atoms with E-state index in [-0.39, 0.29) is 5.75 Å². The molecule has 1 aliphatic rings. The van der Waals surface area contributed by atoms with E-state index in [0.717, 1.165) is 16.7 Å². The van der Waals surface area contributed by atoms with Gasteiger partial charge in [0.15, 0.2) is 16.7 Å². The van der Waals surface area contributed by atoms with Crippen LogP contribution in [0.1, 0.15) is 18.1 Å². The van der Waals surface area contributed by atoms with Crippen LogP contribution in [-0.2, 0) is 0 Å². The average molecular weight is 587 g/mol. The second-order valence-corrected chi connectivity index (χ2v) is 10.4. The number of nitrogens with zero attached hydrogens (tertiary/aromatic N) is 6. The van der Waals surface area contributed by atoms with Crippen LogP contribution in [0.4, 0.5) is 18.9 Å². The van der Waals surface area contributed by atoms with Gasteiger partial charge < -0.3 is 9.84 Å². The number of halogens is 4. The third-order valence-electron chi connectivity index (χ3n) is 5.91. The molecule has 0 radical (unpaired) electrons. The van der Waals surface area contributed by atoms with Crippen LogP contribution in [0.5, 0.6) is 5.75 Å². The van der Waals surface area contributed by atoms with Crippen molar-refractivity contribution in [3.8, 4) is 22.8 Å². The number of thioether (sulfide) groups is 1. The fourth-order valence-corrected chi connectivity index (χ4v) is 5.40. The van der Waals surface area contributed by atoms with Gasteiger partial charge in [-0.25, -0.2) is 9.67 Å². The number of aliphatic hydroxyl groups is 1. The summed E-state index contributed by atoms with van der Waals surface area (Å²) in [5, 5.41) is 25.0. The Morgan fingerprint density at radius 3 is 2.50 bits per heavy atom. The maximum atomic E-state index is 12.4. The summed E-state index contributed by atoms with van der Waals surface area (Å²) in [5.74, 6) is 0.531. The molecule has 1 saturated heterocycles. The van der Waals surface area contributed by atoms with Gasteiger partial charge in [0.05, 0.1) is 22.6 Å². The van der Waals surface area contributed by atoms with E-state index in [4.69, 9.17) is 11.6 Å². The molecule has 40 heavy (non-hydrogen) atoms. The van der Waals surface area contributed by atoms with E-state index in [9.17, 15) is 18.3 Å². The summed E-state index contributed by atoms with van der Waals surface area (Å²) in [4.78, 5) is 6.00. The number of amidine groups is 1. The summed E-state index contributed by atoms with van der Waals surface area (Å²) >= 11 is 7.84. The molecule has 1 fully saturated rings. The molecule has 1 N–H and O–H groups in total. The number of ether oxygens (including phenoxy) is 1. The molecule has 1 aliphatic heterocycles. The smallest absolute Gasteiger partial charge is 0.406 e. The molecule has 0 aliphatic carbocycles. The van der Waals surface area contributed by atoms with Crippen molar-refractivity contribution in [2.45, 2.75) is 25.9 Å².